The number of amides is 1. The van der Waals surface area contributed by atoms with Crippen molar-refractivity contribution >= 4 is 23.7 Å². The summed E-state index contributed by atoms with van der Waals surface area (Å²) in [6.07, 6.45) is 1.93. The lowest BCUT2D eigenvalue weighted by Crippen LogP contribution is -2.36. The van der Waals surface area contributed by atoms with Crippen LogP contribution < -0.4 is 0 Å². The van der Waals surface area contributed by atoms with E-state index < -0.39 is 0 Å². The number of aromatic nitrogens is 4. The highest BCUT2D eigenvalue weighted by Crippen LogP contribution is 2.40. The Hall–Kier alpha value is -2.35. The predicted octanol–water partition coefficient (Wildman–Crippen LogP) is 3.62. The predicted molar refractivity (Wildman–Crippen MR) is 116 cm³/mol. The van der Waals surface area contributed by atoms with Crippen LogP contribution >= 0.6 is 11.8 Å². The van der Waals surface area contributed by atoms with Crippen molar-refractivity contribution in [2.24, 2.45) is 0 Å². The van der Waals surface area contributed by atoms with Gasteiger partial charge >= 0.3 is 0 Å². The number of aromatic hydroxyl groups is 1. The van der Waals surface area contributed by atoms with E-state index in [1.165, 1.54) is 0 Å². The summed E-state index contributed by atoms with van der Waals surface area (Å²) >= 11 is 1.56. The van der Waals surface area contributed by atoms with E-state index in [-0.39, 0.29) is 16.7 Å². The van der Waals surface area contributed by atoms with E-state index in [0.29, 0.717) is 29.6 Å². The molecule has 1 saturated heterocycles. The van der Waals surface area contributed by atoms with Crippen molar-refractivity contribution in [1.82, 2.24) is 25.5 Å². The van der Waals surface area contributed by atoms with Gasteiger partial charge in [-0.1, -0.05) is 46.8 Å². The van der Waals surface area contributed by atoms with Crippen molar-refractivity contribution in [3.05, 3.63) is 39.6 Å². The number of phenolic OH excluding ortho intramolecular Hbond substituents is 1. The molecule has 0 saturated carbocycles. The summed E-state index contributed by atoms with van der Waals surface area (Å²) in [4.78, 5) is 15.4. The van der Waals surface area contributed by atoms with Gasteiger partial charge in [-0.2, -0.15) is 5.21 Å². The Morgan fingerprint density at radius 3 is 2.31 bits per heavy atom. The van der Waals surface area contributed by atoms with E-state index in [4.69, 9.17) is 0 Å². The van der Waals surface area contributed by atoms with Gasteiger partial charge < -0.3 is 10.0 Å². The molecule has 0 spiro atoms. The van der Waals surface area contributed by atoms with Gasteiger partial charge in [0.1, 0.15) is 5.75 Å². The van der Waals surface area contributed by atoms with Gasteiger partial charge in [-0.25, -0.2) is 0 Å². The number of rotatable bonds is 3. The maximum Gasteiger partial charge on any atom is 0.260 e. The number of benzene rings is 1. The van der Waals surface area contributed by atoms with E-state index in [1.807, 2.05) is 18.2 Å². The Morgan fingerprint density at radius 1 is 1.17 bits per heavy atom. The molecule has 0 radical (unpaired) electrons. The molecule has 0 aliphatic carbocycles. The second-order valence-electron chi connectivity index (χ2n) is 9.38. The van der Waals surface area contributed by atoms with Gasteiger partial charge in [0.15, 0.2) is 5.82 Å². The number of carbonyl (C=O) groups is 1. The molecule has 0 unspecified atom stereocenters. The third-order valence-electron chi connectivity index (χ3n) is 4.88. The molecule has 0 atom stereocenters. The number of H-pyrrole nitrogens is 1. The summed E-state index contributed by atoms with van der Waals surface area (Å²) in [5.41, 5.74) is 2.26. The molecule has 156 valence electrons. The first-order valence-corrected chi connectivity index (χ1v) is 10.7. The van der Waals surface area contributed by atoms with Crippen LogP contribution in [0.4, 0.5) is 0 Å². The number of hydrogen-bond acceptors (Lipinski definition) is 6. The number of hydrogen-bond donors (Lipinski definition) is 2. The Morgan fingerprint density at radius 2 is 1.79 bits per heavy atom. The normalized spacial score (nSPS) is 17.2. The molecule has 0 bridgehead atoms. The van der Waals surface area contributed by atoms with Crippen molar-refractivity contribution < 1.29 is 9.90 Å². The van der Waals surface area contributed by atoms with Crippen LogP contribution in [-0.2, 0) is 22.2 Å². The zero-order valence-corrected chi connectivity index (χ0v) is 18.7. The molecular formula is C21H29N5O2S. The molecule has 29 heavy (non-hydrogen) atoms. The molecule has 1 aliphatic heterocycles. The summed E-state index contributed by atoms with van der Waals surface area (Å²) in [5, 5.41) is 24.8. The quantitative estimate of drug-likeness (QED) is 0.744. The Balaban J connectivity index is 1.99. The molecule has 2 heterocycles. The molecule has 1 aliphatic rings. The number of tetrazole rings is 1. The summed E-state index contributed by atoms with van der Waals surface area (Å²) < 4.78 is 0. The molecular weight excluding hydrogens is 386 g/mol. The van der Waals surface area contributed by atoms with Crippen molar-refractivity contribution in [3.63, 3.8) is 0 Å². The smallest absolute Gasteiger partial charge is 0.260 e. The van der Waals surface area contributed by atoms with E-state index >= 15 is 0 Å². The van der Waals surface area contributed by atoms with Crippen molar-refractivity contribution in [2.45, 2.75) is 58.9 Å². The topological polar surface area (TPSA) is 95.0 Å². The van der Waals surface area contributed by atoms with Crippen LogP contribution in [0.25, 0.3) is 6.08 Å². The van der Waals surface area contributed by atoms with E-state index in [2.05, 4.69) is 62.2 Å². The van der Waals surface area contributed by atoms with Crippen LogP contribution in [0, 0.1) is 0 Å². The number of phenols is 1. The van der Waals surface area contributed by atoms with Crippen molar-refractivity contribution in [2.75, 3.05) is 12.3 Å². The first-order chi connectivity index (χ1) is 13.5. The summed E-state index contributed by atoms with van der Waals surface area (Å²) in [6, 6.07) is 3.98. The van der Waals surface area contributed by atoms with Crippen LogP contribution in [-0.4, -0.2) is 48.8 Å². The maximum atomic E-state index is 13.0. The number of thioether (sulfide) groups is 1. The van der Waals surface area contributed by atoms with Gasteiger partial charge in [0.05, 0.1) is 11.4 Å². The van der Waals surface area contributed by atoms with Crippen molar-refractivity contribution in [1.29, 1.82) is 0 Å². The van der Waals surface area contributed by atoms with Gasteiger partial charge in [0.25, 0.3) is 5.91 Å². The first kappa shape index (κ1) is 21.4. The maximum absolute atomic E-state index is 13.0. The number of carbonyl (C=O) groups excluding carboxylic acids is 1. The Bertz CT molecular complexity index is 889. The Kier molecular flexibility index (Phi) is 5.76. The van der Waals surface area contributed by atoms with Gasteiger partial charge in [-0.05, 0) is 34.6 Å². The lowest BCUT2D eigenvalue weighted by Gasteiger charge is -2.29. The van der Waals surface area contributed by atoms with Crippen LogP contribution in [0.3, 0.4) is 0 Å². The van der Waals surface area contributed by atoms with Crippen LogP contribution in [0.1, 0.15) is 64.1 Å². The average molecular weight is 416 g/mol. The SMILES string of the molecule is CC(C)(C)c1cc(C=C2SCCN(Cc3nn[nH]n3)C2=O)cc(C(C)(C)C)c1O. The summed E-state index contributed by atoms with van der Waals surface area (Å²) in [5.74, 6) is 1.62. The molecule has 2 aromatic rings. The summed E-state index contributed by atoms with van der Waals surface area (Å²) in [6.45, 7) is 13.5. The monoisotopic (exact) mass is 415 g/mol. The third kappa shape index (κ3) is 4.80. The number of aromatic amines is 1. The fourth-order valence-electron chi connectivity index (χ4n) is 3.29. The average Bonchev–Trinajstić information content (AvgIpc) is 3.11. The minimum atomic E-state index is -0.215. The van der Waals surface area contributed by atoms with Crippen LogP contribution in [0.15, 0.2) is 17.0 Å². The molecule has 1 fully saturated rings. The first-order valence-electron chi connectivity index (χ1n) is 9.71. The van der Waals surface area contributed by atoms with Gasteiger partial charge in [0.2, 0.25) is 0 Å². The molecule has 8 heteroatoms. The number of nitrogens with one attached hydrogen (secondary N) is 1. The second kappa shape index (κ2) is 7.82. The lowest BCUT2D eigenvalue weighted by molar-refractivity contribution is -0.127. The lowest BCUT2D eigenvalue weighted by atomic mass is 9.78. The zero-order chi connectivity index (χ0) is 21.4. The highest BCUT2D eigenvalue weighted by Gasteiger charge is 2.28. The standard InChI is InChI=1S/C21H29N5O2S/c1-20(2,3)14-9-13(10-15(18(14)27)21(4,5)6)11-16-19(28)26(7-8-29-16)12-17-22-24-25-23-17/h9-11,27H,7-8,12H2,1-6H3,(H,22,23,24,25). The van der Waals surface area contributed by atoms with E-state index in [9.17, 15) is 9.90 Å². The molecule has 3 rings (SSSR count). The third-order valence-corrected chi connectivity index (χ3v) is 5.87. The van der Waals surface area contributed by atoms with Gasteiger partial charge in [0, 0.05) is 23.4 Å². The largest absolute Gasteiger partial charge is 0.507 e. The molecule has 1 aromatic heterocycles. The zero-order valence-electron chi connectivity index (χ0n) is 17.9. The second-order valence-corrected chi connectivity index (χ2v) is 10.5. The molecule has 7 nitrogen and oxygen atoms in total. The van der Waals surface area contributed by atoms with Crippen molar-refractivity contribution in [3.8, 4) is 5.75 Å². The van der Waals surface area contributed by atoms with E-state index in [1.54, 1.807) is 16.7 Å². The highest BCUT2D eigenvalue weighted by molar-refractivity contribution is 8.04. The molecule has 1 aromatic carbocycles. The molecule has 1 amide bonds. The van der Waals surface area contributed by atoms with Gasteiger partial charge in [-0.15, -0.1) is 22.0 Å². The van der Waals surface area contributed by atoms with Gasteiger partial charge in [-0.3, -0.25) is 4.79 Å². The number of nitrogens with zero attached hydrogens (tertiary/aromatic N) is 4. The minimum Gasteiger partial charge on any atom is -0.507 e. The molecule has 2 N–H and O–H groups in total. The van der Waals surface area contributed by atoms with E-state index in [0.717, 1.165) is 22.4 Å². The highest BCUT2D eigenvalue weighted by atomic mass is 32.2. The minimum absolute atomic E-state index is 0.0336. The van der Waals surface area contributed by atoms with Crippen LogP contribution in [0.5, 0.6) is 5.75 Å². The Labute approximate surface area is 176 Å². The fourth-order valence-corrected chi connectivity index (χ4v) is 4.30. The van der Waals surface area contributed by atoms with Crippen LogP contribution in [0.2, 0.25) is 0 Å². The fraction of sp³-hybridized carbons (Fsp3) is 0.524. The summed E-state index contributed by atoms with van der Waals surface area (Å²) in [7, 11) is 0.